The van der Waals surface area contributed by atoms with Crippen LogP contribution in [0.4, 0.5) is 26.3 Å². The van der Waals surface area contributed by atoms with Gasteiger partial charge in [0.1, 0.15) is 17.1 Å². The first-order valence-electron chi connectivity index (χ1n) is 12.1. The van der Waals surface area contributed by atoms with E-state index in [9.17, 15) is 31.1 Å². The quantitative estimate of drug-likeness (QED) is 0.215. The van der Waals surface area contributed by atoms with Crippen LogP contribution in [0.2, 0.25) is 0 Å². The zero-order valence-electron chi connectivity index (χ0n) is 21.2. The van der Waals surface area contributed by atoms with Crippen molar-refractivity contribution in [1.82, 2.24) is 20.0 Å². The van der Waals surface area contributed by atoms with Gasteiger partial charge in [0.2, 0.25) is 0 Å². The molecule has 5 aromatic rings. The summed E-state index contributed by atoms with van der Waals surface area (Å²) in [5.41, 5.74) is -0.237. The second-order valence-electron chi connectivity index (χ2n) is 9.10. The van der Waals surface area contributed by atoms with Crippen LogP contribution in [0, 0.1) is 6.92 Å². The predicted octanol–water partition coefficient (Wildman–Crippen LogP) is 7.47. The number of nitrogens with zero attached hydrogens (tertiary/aromatic N) is 3. The van der Waals surface area contributed by atoms with Gasteiger partial charge in [0.05, 0.1) is 23.7 Å². The van der Waals surface area contributed by atoms with Crippen LogP contribution in [0.25, 0.3) is 28.1 Å². The first-order chi connectivity index (χ1) is 19.4. The molecular weight excluding hydrogens is 550 g/mol. The van der Waals surface area contributed by atoms with Crippen LogP contribution in [0.3, 0.4) is 0 Å². The van der Waals surface area contributed by atoms with Gasteiger partial charge in [-0.3, -0.25) is 9.36 Å². The van der Waals surface area contributed by atoms with Gasteiger partial charge in [-0.15, -0.1) is 0 Å². The van der Waals surface area contributed by atoms with Gasteiger partial charge < -0.3 is 9.84 Å². The van der Waals surface area contributed by atoms with Gasteiger partial charge in [0, 0.05) is 23.4 Å². The molecule has 0 saturated carbocycles. The Kier molecular flexibility index (Phi) is 7.16. The Morgan fingerprint density at radius 3 is 2.10 bits per heavy atom. The van der Waals surface area contributed by atoms with Crippen molar-refractivity contribution in [2.75, 3.05) is 0 Å². The fourth-order valence-corrected chi connectivity index (χ4v) is 4.29. The average molecular weight is 570 g/mol. The largest absolute Gasteiger partial charge is 0.416 e. The average Bonchev–Trinajstić information content (AvgIpc) is 3.58. The van der Waals surface area contributed by atoms with E-state index < -0.39 is 29.4 Å². The molecule has 0 saturated heterocycles. The molecule has 3 aromatic carbocycles. The zero-order valence-corrected chi connectivity index (χ0v) is 21.2. The van der Waals surface area contributed by atoms with E-state index >= 15 is 0 Å². The Hall–Kier alpha value is -4.87. The lowest BCUT2D eigenvalue weighted by atomic mass is 9.99. The summed E-state index contributed by atoms with van der Waals surface area (Å²) < 4.78 is 86.5. The Morgan fingerprint density at radius 1 is 0.854 bits per heavy atom. The van der Waals surface area contributed by atoms with E-state index in [1.165, 1.54) is 41.4 Å². The summed E-state index contributed by atoms with van der Waals surface area (Å²) >= 11 is 0. The molecule has 5 rings (SSSR count). The smallest absolute Gasteiger partial charge is 0.361 e. The lowest BCUT2D eigenvalue weighted by Gasteiger charge is -2.15. The Balaban J connectivity index is 1.38. The number of carbonyl (C=O) groups is 1. The van der Waals surface area contributed by atoms with E-state index in [0.29, 0.717) is 34.8 Å². The number of halogens is 6. The van der Waals surface area contributed by atoms with Crippen molar-refractivity contribution in [3.05, 3.63) is 113 Å². The van der Waals surface area contributed by atoms with E-state index in [4.69, 9.17) is 4.52 Å². The van der Waals surface area contributed by atoms with E-state index in [0.717, 1.165) is 5.56 Å². The molecule has 2 heterocycles. The van der Waals surface area contributed by atoms with Crippen molar-refractivity contribution in [3.8, 4) is 28.1 Å². The Bertz CT molecular complexity index is 1660. The summed E-state index contributed by atoms with van der Waals surface area (Å²) in [7, 11) is 0. The van der Waals surface area contributed by atoms with E-state index in [1.54, 1.807) is 6.92 Å². The maximum Gasteiger partial charge on any atom is 0.416 e. The molecule has 1 N–H and O–H groups in total. The molecule has 6 nitrogen and oxygen atoms in total. The van der Waals surface area contributed by atoms with Gasteiger partial charge >= 0.3 is 12.4 Å². The minimum atomic E-state index is -4.96. The van der Waals surface area contributed by atoms with Crippen LogP contribution in [0.15, 0.2) is 89.8 Å². The van der Waals surface area contributed by atoms with Gasteiger partial charge in [-0.2, -0.15) is 26.3 Å². The second kappa shape index (κ2) is 10.6. The number of rotatable bonds is 6. The fourth-order valence-electron chi connectivity index (χ4n) is 4.29. The van der Waals surface area contributed by atoms with Crippen LogP contribution in [0.5, 0.6) is 0 Å². The molecule has 0 unspecified atom stereocenters. The SMILES string of the molecule is Cc1onc(-c2ccccc2)c1CNC(=O)c1cncn1-c1ccc(-c2cc(C(F)(F)F)cc(C(F)(F)F)c2)cc1. The van der Waals surface area contributed by atoms with Gasteiger partial charge in [-0.05, 0) is 48.4 Å². The molecular formula is C29H20F6N4O2. The topological polar surface area (TPSA) is 73.0 Å². The van der Waals surface area contributed by atoms with E-state index in [1.807, 2.05) is 30.3 Å². The van der Waals surface area contributed by atoms with Gasteiger partial charge in [-0.25, -0.2) is 4.98 Å². The first kappa shape index (κ1) is 27.7. The number of hydrogen-bond acceptors (Lipinski definition) is 4. The monoisotopic (exact) mass is 570 g/mol. The maximum absolute atomic E-state index is 13.3. The highest BCUT2D eigenvalue weighted by Gasteiger charge is 2.37. The third kappa shape index (κ3) is 5.86. The molecule has 0 aliphatic heterocycles. The Labute approximate surface area is 229 Å². The molecule has 1 amide bonds. The predicted molar refractivity (Wildman–Crippen MR) is 137 cm³/mol. The van der Waals surface area contributed by atoms with E-state index in [2.05, 4.69) is 15.5 Å². The van der Waals surface area contributed by atoms with Gasteiger partial charge in [0.15, 0.2) is 0 Å². The summed E-state index contributed by atoms with van der Waals surface area (Å²) in [5, 5.41) is 6.91. The number of alkyl halides is 6. The number of amides is 1. The number of aryl methyl sites for hydroxylation is 1. The number of imidazole rings is 1. The molecule has 0 spiro atoms. The summed E-state index contributed by atoms with van der Waals surface area (Å²) in [4.78, 5) is 17.1. The van der Waals surface area contributed by atoms with Crippen molar-refractivity contribution in [2.24, 2.45) is 0 Å². The minimum Gasteiger partial charge on any atom is -0.361 e. The second-order valence-corrected chi connectivity index (χ2v) is 9.10. The zero-order chi connectivity index (χ0) is 29.4. The van der Waals surface area contributed by atoms with Crippen molar-refractivity contribution in [1.29, 1.82) is 0 Å². The van der Waals surface area contributed by atoms with Crippen LogP contribution in [-0.2, 0) is 18.9 Å². The van der Waals surface area contributed by atoms with Gasteiger partial charge in [-0.1, -0.05) is 47.6 Å². The van der Waals surface area contributed by atoms with E-state index in [-0.39, 0.29) is 29.4 Å². The summed E-state index contributed by atoms with van der Waals surface area (Å²) in [5.74, 6) is 0.0652. The van der Waals surface area contributed by atoms with Crippen molar-refractivity contribution in [3.63, 3.8) is 0 Å². The Morgan fingerprint density at radius 2 is 1.49 bits per heavy atom. The molecule has 0 aliphatic rings. The molecule has 41 heavy (non-hydrogen) atoms. The lowest BCUT2D eigenvalue weighted by molar-refractivity contribution is -0.143. The summed E-state index contributed by atoms with van der Waals surface area (Å²) in [6, 6.07) is 16.4. The van der Waals surface area contributed by atoms with Crippen LogP contribution in [0.1, 0.15) is 32.9 Å². The highest BCUT2D eigenvalue weighted by atomic mass is 19.4. The normalized spacial score (nSPS) is 12.0. The van der Waals surface area contributed by atoms with Crippen molar-refractivity contribution in [2.45, 2.75) is 25.8 Å². The van der Waals surface area contributed by atoms with Crippen molar-refractivity contribution < 1.29 is 35.7 Å². The van der Waals surface area contributed by atoms with Crippen molar-refractivity contribution >= 4 is 5.91 Å². The summed E-state index contributed by atoms with van der Waals surface area (Å²) in [6.45, 7) is 1.84. The highest BCUT2D eigenvalue weighted by Crippen LogP contribution is 2.38. The molecule has 12 heteroatoms. The number of nitrogens with one attached hydrogen (secondary N) is 1. The van der Waals surface area contributed by atoms with Gasteiger partial charge in [0.25, 0.3) is 5.91 Å². The minimum absolute atomic E-state index is 0.0815. The molecule has 0 bridgehead atoms. The third-order valence-corrected chi connectivity index (χ3v) is 6.40. The number of aromatic nitrogens is 3. The molecule has 0 atom stereocenters. The molecule has 210 valence electrons. The number of carbonyl (C=O) groups excluding carboxylic acids is 1. The van der Waals surface area contributed by atoms with Crippen LogP contribution < -0.4 is 5.32 Å². The number of benzene rings is 3. The van der Waals surface area contributed by atoms with Crippen LogP contribution >= 0.6 is 0 Å². The number of hydrogen-bond donors (Lipinski definition) is 1. The summed E-state index contributed by atoms with van der Waals surface area (Å²) in [6.07, 6.45) is -7.20. The molecule has 0 radical (unpaired) electrons. The molecule has 0 fully saturated rings. The molecule has 2 aromatic heterocycles. The lowest BCUT2D eigenvalue weighted by Crippen LogP contribution is -2.25. The third-order valence-electron chi connectivity index (χ3n) is 6.40. The molecule has 0 aliphatic carbocycles. The van der Waals surface area contributed by atoms with Crippen LogP contribution in [-0.4, -0.2) is 20.6 Å². The maximum atomic E-state index is 13.3. The standard InChI is InChI=1S/C29H20F6N4O2/c1-17-24(26(38-41-17)19-5-3-2-4-6-19)14-37-27(40)25-15-36-16-39(25)23-9-7-18(8-10-23)20-11-21(28(30,31)32)13-22(12-20)29(33,34)35/h2-13,15-16H,14H2,1H3,(H,37,40). The fraction of sp³-hybridized carbons (Fsp3) is 0.138. The highest BCUT2D eigenvalue weighted by molar-refractivity contribution is 5.93. The first-order valence-corrected chi connectivity index (χ1v) is 12.1.